The summed E-state index contributed by atoms with van der Waals surface area (Å²) in [6, 6.07) is 10.4. The fraction of sp³-hybridized carbons (Fsp3) is 0.200. The molecule has 2 aromatic rings. The third-order valence-corrected chi connectivity index (χ3v) is 3.57. The minimum Gasteiger partial charge on any atom is -0.344 e. The van der Waals surface area contributed by atoms with Gasteiger partial charge in [-0.2, -0.15) is 13.2 Å². The topological polar surface area (TPSA) is 42.0 Å². The molecule has 1 N–H and O–H groups in total. The molecule has 0 radical (unpaired) electrons. The fourth-order valence-electron chi connectivity index (χ4n) is 1.79. The van der Waals surface area contributed by atoms with Crippen molar-refractivity contribution in [1.29, 1.82) is 0 Å². The van der Waals surface area contributed by atoms with Crippen LogP contribution in [0.5, 0.6) is 0 Å². The SMILES string of the molecule is C[C@@H](NC(=O)c1ccc(SC(F)(F)F)cc1)c1ccccn1. The van der Waals surface area contributed by atoms with Crippen LogP contribution in [0.1, 0.15) is 29.0 Å². The normalized spacial score (nSPS) is 12.7. The summed E-state index contributed by atoms with van der Waals surface area (Å²) in [6.07, 6.45) is 1.63. The van der Waals surface area contributed by atoms with Crippen LogP contribution in [0.3, 0.4) is 0 Å². The van der Waals surface area contributed by atoms with E-state index in [-0.39, 0.29) is 28.6 Å². The van der Waals surface area contributed by atoms with Crippen molar-refractivity contribution in [3.63, 3.8) is 0 Å². The predicted molar refractivity (Wildman–Crippen MR) is 78.5 cm³/mol. The predicted octanol–water partition coefficient (Wildman–Crippen LogP) is 4.18. The number of carbonyl (C=O) groups is 1. The van der Waals surface area contributed by atoms with Gasteiger partial charge in [-0.15, -0.1) is 0 Å². The molecule has 0 fully saturated rings. The van der Waals surface area contributed by atoms with E-state index in [0.717, 1.165) is 0 Å². The summed E-state index contributed by atoms with van der Waals surface area (Å²) in [7, 11) is 0. The lowest BCUT2D eigenvalue weighted by Gasteiger charge is -2.13. The van der Waals surface area contributed by atoms with Crippen molar-refractivity contribution in [2.45, 2.75) is 23.4 Å². The molecule has 0 bridgehead atoms. The Morgan fingerprint density at radius 1 is 1.18 bits per heavy atom. The summed E-state index contributed by atoms with van der Waals surface area (Å²) in [5.74, 6) is -0.360. The monoisotopic (exact) mass is 326 g/mol. The molecular weight excluding hydrogens is 313 g/mol. The number of carbonyl (C=O) groups excluding carboxylic acids is 1. The molecular formula is C15H13F3N2OS. The highest BCUT2D eigenvalue weighted by Crippen LogP contribution is 2.36. The maximum absolute atomic E-state index is 12.2. The zero-order valence-corrected chi connectivity index (χ0v) is 12.4. The van der Waals surface area contributed by atoms with Gasteiger partial charge in [0.05, 0.1) is 11.7 Å². The van der Waals surface area contributed by atoms with Crippen molar-refractivity contribution in [3.8, 4) is 0 Å². The highest BCUT2D eigenvalue weighted by molar-refractivity contribution is 8.00. The molecule has 0 aliphatic carbocycles. The summed E-state index contributed by atoms with van der Waals surface area (Å²) in [4.78, 5) is 16.2. The van der Waals surface area contributed by atoms with E-state index in [4.69, 9.17) is 0 Å². The molecule has 0 unspecified atom stereocenters. The molecule has 116 valence electrons. The number of pyridine rings is 1. The molecule has 1 atom stereocenters. The number of hydrogen-bond acceptors (Lipinski definition) is 3. The van der Waals surface area contributed by atoms with Crippen molar-refractivity contribution in [3.05, 3.63) is 59.9 Å². The van der Waals surface area contributed by atoms with E-state index in [1.165, 1.54) is 24.3 Å². The standard InChI is InChI=1S/C15H13F3N2OS/c1-10(13-4-2-3-9-19-13)20-14(21)11-5-7-12(8-6-11)22-15(16,17)18/h2-10H,1H3,(H,20,21)/t10-/m1/s1. The smallest absolute Gasteiger partial charge is 0.344 e. The van der Waals surface area contributed by atoms with Gasteiger partial charge in [-0.05, 0) is 55.1 Å². The van der Waals surface area contributed by atoms with Crippen molar-refractivity contribution in [1.82, 2.24) is 10.3 Å². The quantitative estimate of drug-likeness (QED) is 0.857. The summed E-state index contributed by atoms with van der Waals surface area (Å²) in [5.41, 5.74) is -3.33. The molecule has 7 heteroatoms. The Morgan fingerprint density at radius 2 is 1.86 bits per heavy atom. The second-order valence-corrected chi connectivity index (χ2v) is 5.66. The molecule has 0 spiro atoms. The number of benzene rings is 1. The number of nitrogens with zero attached hydrogens (tertiary/aromatic N) is 1. The summed E-state index contributed by atoms with van der Waals surface area (Å²) in [6.45, 7) is 1.79. The molecule has 3 nitrogen and oxygen atoms in total. The summed E-state index contributed by atoms with van der Waals surface area (Å²) in [5, 5.41) is 2.75. The van der Waals surface area contributed by atoms with E-state index >= 15 is 0 Å². The highest BCUT2D eigenvalue weighted by atomic mass is 32.2. The Bertz CT molecular complexity index is 629. The minimum absolute atomic E-state index is 0.0434. The highest BCUT2D eigenvalue weighted by Gasteiger charge is 2.29. The number of nitrogens with one attached hydrogen (secondary N) is 1. The van der Waals surface area contributed by atoms with Crippen molar-refractivity contribution >= 4 is 17.7 Å². The Morgan fingerprint density at radius 3 is 2.41 bits per heavy atom. The zero-order valence-electron chi connectivity index (χ0n) is 11.6. The molecule has 22 heavy (non-hydrogen) atoms. The van der Waals surface area contributed by atoms with Gasteiger partial charge < -0.3 is 5.32 Å². The maximum atomic E-state index is 12.2. The van der Waals surface area contributed by atoms with Gasteiger partial charge in [0.25, 0.3) is 5.91 Å². The van der Waals surface area contributed by atoms with E-state index in [1.807, 2.05) is 6.07 Å². The van der Waals surface area contributed by atoms with Gasteiger partial charge in [-0.3, -0.25) is 9.78 Å². The van der Waals surface area contributed by atoms with E-state index in [0.29, 0.717) is 11.3 Å². The van der Waals surface area contributed by atoms with E-state index in [1.54, 1.807) is 25.3 Å². The molecule has 2 rings (SSSR count). The average molecular weight is 326 g/mol. The fourth-order valence-corrected chi connectivity index (χ4v) is 2.33. The lowest BCUT2D eigenvalue weighted by molar-refractivity contribution is -0.0328. The number of alkyl halides is 3. The van der Waals surface area contributed by atoms with E-state index < -0.39 is 5.51 Å². The summed E-state index contributed by atoms with van der Waals surface area (Å²) < 4.78 is 36.7. The van der Waals surface area contributed by atoms with Crippen LogP contribution in [0.25, 0.3) is 0 Å². The zero-order chi connectivity index (χ0) is 16.2. The van der Waals surface area contributed by atoms with Crippen molar-refractivity contribution in [2.75, 3.05) is 0 Å². The Kier molecular flexibility index (Phi) is 5.07. The molecule has 1 amide bonds. The van der Waals surface area contributed by atoms with Gasteiger partial charge in [-0.1, -0.05) is 6.07 Å². The van der Waals surface area contributed by atoms with Crippen molar-refractivity contribution < 1.29 is 18.0 Å². The Hall–Kier alpha value is -2.02. The Labute approximate surface area is 129 Å². The number of rotatable bonds is 4. The van der Waals surface area contributed by atoms with Crippen molar-refractivity contribution in [2.24, 2.45) is 0 Å². The second kappa shape index (κ2) is 6.83. The molecule has 0 aliphatic heterocycles. The van der Waals surface area contributed by atoms with E-state index in [2.05, 4.69) is 10.3 Å². The first-order chi connectivity index (χ1) is 10.3. The maximum Gasteiger partial charge on any atom is 0.446 e. The second-order valence-electron chi connectivity index (χ2n) is 4.52. The number of amides is 1. The minimum atomic E-state index is -4.34. The Balaban J connectivity index is 2.01. The number of thioether (sulfide) groups is 1. The number of hydrogen-bond donors (Lipinski definition) is 1. The molecule has 0 saturated heterocycles. The van der Waals surface area contributed by atoms with Crippen LogP contribution >= 0.6 is 11.8 Å². The largest absolute Gasteiger partial charge is 0.446 e. The van der Waals surface area contributed by atoms with Crippen LogP contribution in [-0.4, -0.2) is 16.4 Å². The summed E-state index contributed by atoms with van der Waals surface area (Å²) >= 11 is -0.210. The molecule has 1 aromatic carbocycles. The van der Waals surface area contributed by atoms with Crippen LogP contribution in [0.2, 0.25) is 0 Å². The lowest BCUT2D eigenvalue weighted by Crippen LogP contribution is -2.27. The van der Waals surface area contributed by atoms with E-state index in [9.17, 15) is 18.0 Å². The van der Waals surface area contributed by atoms with Crippen LogP contribution in [0.4, 0.5) is 13.2 Å². The lowest BCUT2D eigenvalue weighted by atomic mass is 10.1. The van der Waals surface area contributed by atoms with Crippen LogP contribution < -0.4 is 5.32 Å². The molecule has 1 aromatic heterocycles. The third kappa shape index (κ3) is 4.77. The van der Waals surface area contributed by atoms with Gasteiger partial charge in [0.1, 0.15) is 0 Å². The van der Waals surface area contributed by atoms with Gasteiger partial charge >= 0.3 is 5.51 Å². The van der Waals surface area contributed by atoms with Gasteiger partial charge in [0.2, 0.25) is 0 Å². The van der Waals surface area contributed by atoms with Crippen LogP contribution in [0.15, 0.2) is 53.6 Å². The molecule has 0 saturated carbocycles. The molecule has 0 aliphatic rings. The van der Waals surface area contributed by atoms with Gasteiger partial charge in [0, 0.05) is 16.7 Å². The first kappa shape index (κ1) is 16.4. The third-order valence-electron chi connectivity index (χ3n) is 2.83. The van der Waals surface area contributed by atoms with Crippen LogP contribution in [0, 0.1) is 0 Å². The molecule has 1 heterocycles. The first-order valence-corrected chi connectivity index (χ1v) is 7.24. The van der Waals surface area contributed by atoms with Crippen LogP contribution in [-0.2, 0) is 0 Å². The van der Waals surface area contributed by atoms with Gasteiger partial charge in [-0.25, -0.2) is 0 Å². The van der Waals surface area contributed by atoms with Gasteiger partial charge in [0.15, 0.2) is 0 Å². The number of aromatic nitrogens is 1. The number of halogens is 3. The average Bonchev–Trinajstić information content (AvgIpc) is 2.47. The first-order valence-electron chi connectivity index (χ1n) is 6.43.